The third kappa shape index (κ3) is 8.01. The number of aliphatic hydroxyl groups is 5. The average molecular weight is 802 g/mol. The largest absolute Gasteiger partial charge is 0.490 e. The lowest BCUT2D eigenvalue weighted by molar-refractivity contribution is -0.0665. The maximum atomic E-state index is 11.9. The minimum atomic E-state index is -5.71. The van der Waals surface area contributed by atoms with Gasteiger partial charge in [0.05, 0.1) is 37.0 Å². The lowest BCUT2D eigenvalue weighted by Gasteiger charge is -2.26. The predicted molar refractivity (Wildman–Crippen MR) is 166 cm³/mol. The first-order valence-corrected chi connectivity index (χ1v) is 18.9. The minimum Gasteiger partial charge on any atom is -0.394 e. The van der Waals surface area contributed by atoms with Crippen molar-refractivity contribution in [3.8, 4) is 0 Å². The standard InChI is InChI=1S/C11H18N5O13P3.C11H15N5O4/c1-11(18)7(17)6(3-26-31(22,23)29-32(24,25)28-30(19,20)21)27-8(11)5-2-13-10-9(12)14-4-15-16(5)10;1-11(19)7(18)6(3-17)20-8(11)5-2-13-10-9(12)14-4-15-16(5)10/h2,4,6-8,17-18H,3H2,1H3,(H,22,23)(H,24,25)(H2,12,14,15)(H2,19,20,21);2,4,6-8,17-19H,3H2,1H3,(H2,12,14,15)/t2*6-,7-,8+,11-/m11/s1. The van der Waals surface area contributed by atoms with Gasteiger partial charge in [-0.25, -0.2) is 42.7 Å². The van der Waals surface area contributed by atoms with Gasteiger partial charge in [0.15, 0.2) is 22.9 Å². The Labute approximate surface area is 289 Å². The Balaban J connectivity index is 0.000000223. The average Bonchev–Trinajstić information content (AvgIpc) is 3.75. The van der Waals surface area contributed by atoms with Gasteiger partial charge in [0.2, 0.25) is 0 Å². The Kier molecular flexibility index (Phi) is 11.0. The maximum absolute atomic E-state index is 11.9. The van der Waals surface area contributed by atoms with Crippen molar-refractivity contribution in [2.75, 3.05) is 24.7 Å². The molecule has 0 saturated carbocycles. The summed E-state index contributed by atoms with van der Waals surface area (Å²) in [5, 5.41) is 58.7. The number of phosphoric ester groups is 1. The van der Waals surface area contributed by atoms with Crippen molar-refractivity contribution >= 4 is 46.4 Å². The molecule has 2 saturated heterocycles. The van der Waals surface area contributed by atoms with Gasteiger partial charge in [0.25, 0.3) is 0 Å². The smallest absolute Gasteiger partial charge is 0.394 e. The number of aliphatic hydroxyl groups excluding tert-OH is 3. The fraction of sp³-hybridized carbons (Fsp3) is 0.545. The molecule has 0 spiro atoms. The first-order valence-electron chi connectivity index (χ1n) is 14.4. The number of aromatic nitrogens is 8. The molecule has 2 fully saturated rings. The molecule has 2 unspecified atom stereocenters. The summed E-state index contributed by atoms with van der Waals surface area (Å²) < 4.78 is 59.2. The van der Waals surface area contributed by atoms with Crippen LogP contribution in [0.5, 0.6) is 0 Å². The fourth-order valence-electron chi connectivity index (χ4n) is 5.38. The van der Waals surface area contributed by atoms with Crippen molar-refractivity contribution in [3.63, 3.8) is 0 Å². The molecule has 10 atom stereocenters. The summed E-state index contributed by atoms with van der Waals surface area (Å²) in [7, 11) is -16.7. The van der Waals surface area contributed by atoms with Gasteiger partial charge < -0.3 is 66.0 Å². The molecule has 288 valence electrons. The molecule has 0 radical (unpaired) electrons. The fourth-order valence-corrected chi connectivity index (χ4v) is 8.41. The van der Waals surface area contributed by atoms with Crippen LogP contribution in [0.2, 0.25) is 0 Å². The van der Waals surface area contributed by atoms with Crippen LogP contribution in [0.3, 0.4) is 0 Å². The highest BCUT2D eigenvalue weighted by atomic mass is 31.3. The summed E-state index contributed by atoms with van der Waals surface area (Å²) in [5.74, 6) is 0.219. The van der Waals surface area contributed by atoms with Crippen molar-refractivity contribution in [1.29, 1.82) is 0 Å². The van der Waals surface area contributed by atoms with E-state index in [1.165, 1.54) is 41.6 Å². The molecule has 2 aliphatic rings. The first-order chi connectivity index (χ1) is 24.0. The molecule has 0 amide bonds. The Morgan fingerprint density at radius 2 is 1.21 bits per heavy atom. The monoisotopic (exact) mass is 802 g/mol. The molecule has 6 rings (SSSR count). The SMILES string of the molecule is C[C@@]1(O)[C@H](O)[C@@H](CO)O[C@H]1c1cnc2c(N)ncnn12.C[C@@]1(O)[C@H](O)[C@@H](COP(=O)(O)OP(=O)(O)OP(=O)(O)O)O[C@H]1c1cnc2c(N)ncnn12. The zero-order valence-corrected chi connectivity index (χ0v) is 29.2. The van der Waals surface area contributed by atoms with Crippen LogP contribution in [0.4, 0.5) is 11.6 Å². The topological polar surface area (TPSA) is 418 Å². The number of fused-ring (bicyclic) bond motifs is 2. The van der Waals surface area contributed by atoms with E-state index in [1.807, 2.05) is 0 Å². The van der Waals surface area contributed by atoms with Crippen LogP contribution < -0.4 is 11.5 Å². The van der Waals surface area contributed by atoms with Crippen molar-refractivity contribution < 1.29 is 81.4 Å². The molecule has 13 N–H and O–H groups in total. The highest BCUT2D eigenvalue weighted by Gasteiger charge is 2.55. The Morgan fingerprint density at radius 1 is 0.769 bits per heavy atom. The molecule has 27 nitrogen and oxygen atoms in total. The minimum absolute atomic E-state index is 0.0219. The highest BCUT2D eigenvalue weighted by Crippen LogP contribution is 2.66. The number of ether oxygens (including phenoxy) is 2. The van der Waals surface area contributed by atoms with E-state index in [1.54, 1.807) is 0 Å². The summed E-state index contributed by atoms with van der Waals surface area (Å²) in [5.41, 5.74) is 8.83. The zero-order chi connectivity index (χ0) is 38.6. The third-order valence-corrected chi connectivity index (χ3v) is 11.6. The summed E-state index contributed by atoms with van der Waals surface area (Å²) >= 11 is 0. The third-order valence-electron chi connectivity index (χ3n) is 7.84. The molecular formula is C22H33N10O17P3. The molecule has 0 aliphatic carbocycles. The van der Waals surface area contributed by atoms with E-state index < -0.39 is 84.5 Å². The van der Waals surface area contributed by atoms with Gasteiger partial charge in [-0.3, -0.25) is 4.52 Å². The second-order valence-corrected chi connectivity index (χ2v) is 16.1. The molecule has 6 heterocycles. The van der Waals surface area contributed by atoms with Crippen molar-refractivity contribution in [2.24, 2.45) is 0 Å². The summed E-state index contributed by atoms with van der Waals surface area (Å²) in [6.45, 7) is 1.26. The number of imidazole rings is 2. The van der Waals surface area contributed by atoms with E-state index in [0.29, 0.717) is 11.3 Å². The lowest BCUT2D eigenvalue weighted by atomic mass is 9.91. The van der Waals surface area contributed by atoms with Crippen LogP contribution in [0.15, 0.2) is 25.0 Å². The van der Waals surface area contributed by atoms with Crippen LogP contribution >= 0.6 is 23.5 Å². The second kappa shape index (κ2) is 14.2. The highest BCUT2D eigenvalue weighted by molar-refractivity contribution is 7.66. The zero-order valence-electron chi connectivity index (χ0n) is 26.6. The number of rotatable bonds is 10. The number of hydrogen-bond donors (Lipinski definition) is 11. The van der Waals surface area contributed by atoms with Gasteiger partial charge in [0, 0.05) is 0 Å². The van der Waals surface area contributed by atoms with Gasteiger partial charge in [-0.2, -0.15) is 18.8 Å². The van der Waals surface area contributed by atoms with E-state index in [2.05, 4.69) is 43.3 Å². The molecule has 52 heavy (non-hydrogen) atoms. The number of hydrogen-bond acceptors (Lipinski definition) is 21. The van der Waals surface area contributed by atoms with Crippen molar-refractivity contribution in [2.45, 2.75) is 61.7 Å². The van der Waals surface area contributed by atoms with Crippen LogP contribution in [-0.4, -0.2) is 133 Å². The van der Waals surface area contributed by atoms with E-state index >= 15 is 0 Å². The molecule has 0 aromatic carbocycles. The summed E-state index contributed by atoms with van der Waals surface area (Å²) in [4.78, 5) is 51.4. The van der Waals surface area contributed by atoms with Crippen molar-refractivity contribution in [1.82, 2.24) is 39.2 Å². The van der Waals surface area contributed by atoms with Crippen LogP contribution in [0.1, 0.15) is 37.4 Å². The first kappa shape index (κ1) is 40.0. The van der Waals surface area contributed by atoms with Gasteiger partial charge in [0.1, 0.15) is 60.5 Å². The molecule has 30 heteroatoms. The lowest BCUT2D eigenvalue weighted by Crippen LogP contribution is -2.43. The quantitative estimate of drug-likeness (QED) is 0.0705. The van der Waals surface area contributed by atoms with E-state index in [0.717, 1.165) is 6.33 Å². The normalized spacial score (nSPS) is 31.7. The Morgan fingerprint density at radius 3 is 1.63 bits per heavy atom. The summed E-state index contributed by atoms with van der Waals surface area (Å²) in [6, 6.07) is 0. The van der Waals surface area contributed by atoms with Crippen LogP contribution in [0, 0.1) is 0 Å². The van der Waals surface area contributed by atoms with E-state index in [-0.39, 0.29) is 23.0 Å². The molecule has 4 aromatic heterocycles. The Bertz CT molecular complexity index is 2080. The number of phosphoric acid groups is 3. The van der Waals surface area contributed by atoms with Crippen LogP contribution in [-0.2, 0) is 36.3 Å². The number of nitrogens with zero attached hydrogens (tertiary/aromatic N) is 8. The van der Waals surface area contributed by atoms with Gasteiger partial charge in [-0.1, -0.05) is 0 Å². The molecule has 0 bridgehead atoms. The summed E-state index contributed by atoms with van der Waals surface area (Å²) in [6.07, 6.45) is -2.41. The molecule has 4 aromatic rings. The number of nitrogens with two attached hydrogens (primary N) is 2. The number of nitrogen functional groups attached to an aromatic ring is 2. The molecule has 2 aliphatic heterocycles. The van der Waals surface area contributed by atoms with Gasteiger partial charge in [-0.15, -0.1) is 0 Å². The van der Waals surface area contributed by atoms with Gasteiger partial charge >= 0.3 is 23.5 Å². The van der Waals surface area contributed by atoms with Gasteiger partial charge in [-0.05, 0) is 13.8 Å². The number of anilines is 2. The van der Waals surface area contributed by atoms with E-state index in [4.69, 9.17) is 35.6 Å². The predicted octanol–water partition coefficient (Wildman–Crippen LogP) is -3.15. The second-order valence-electron chi connectivity index (χ2n) is 11.6. The van der Waals surface area contributed by atoms with E-state index in [9.17, 15) is 44.1 Å². The Hall–Kier alpha value is -3.17. The maximum Gasteiger partial charge on any atom is 0.490 e. The van der Waals surface area contributed by atoms with Crippen LogP contribution in [0.25, 0.3) is 11.3 Å². The molecular weight excluding hydrogens is 769 g/mol. The van der Waals surface area contributed by atoms with Crippen molar-refractivity contribution in [3.05, 3.63) is 36.4 Å².